The first-order valence-electron chi connectivity index (χ1n) is 7.32. The van der Waals surface area contributed by atoms with E-state index in [0.717, 1.165) is 18.2 Å². The summed E-state index contributed by atoms with van der Waals surface area (Å²) in [5.74, 6) is -2.05. The van der Waals surface area contributed by atoms with Gasteiger partial charge >= 0.3 is 12.6 Å². The van der Waals surface area contributed by atoms with Gasteiger partial charge in [-0.1, -0.05) is 12.1 Å². The number of nitrogen functional groups attached to an aromatic ring is 1. The Kier molecular flexibility index (Phi) is 6.20. The van der Waals surface area contributed by atoms with Crippen molar-refractivity contribution < 1.29 is 32.8 Å². The highest BCUT2D eigenvalue weighted by molar-refractivity contribution is 5.98. The molecule has 11 heteroatoms. The van der Waals surface area contributed by atoms with Crippen LogP contribution < -0.4 is 15.8 Å². The number of nitrogens with zero attached hydrogens (tertiary/aromatic N) is 1. The van der Waals surface area contributed by atoms with Crippen LogP contribution in [0.1, 0.15) is 10.4 Å². The van der Waals surface area contributed by atoms with Gasteiger partial charge in [-0.05, 0) is 18.2 Å². The molecule has 2 aromatic carbocycles. The summed E-state index contributed by atoms with van der Waals surface area (Å²) >= 11 is 0. The summed E-state index contributed by atoms with van der Waals surface area (Å²) in [5, 5.41) is 12.9. The van der Waals surface area contributed by atoms with Gasteiger partial charge in [0.25, 0.3) is 11.6 Å². The van der Waals surface area contributed by atoms with Crippen LogP contribution in [0.25, 0.3) is 0 Å². The van der Waals surface area contributed by atoms with Crippen LogP contribution in [0.15, 0.2) is 42.5 Å². The molecule has 3 N–H and O–H groups in total. The van der Waals surface area contributed by atoms with Crippen molar-refractivity contribution in [2.24, 2.45) is 0 Å². The summed E-state index contributed by atoms with van der Waals surface area (Å²) in [6, 6.07) is 8.61. The van der Waals surface area contributed by atoms with Crippen LogP contribution >= 0.6 is 0 Å². The van der Waals surface area contributed by atoms with Crippen LogP contribution in [0.2, 0.25) is 0 Å². The lowest BCUT2D eigenvalue weighted by atomic mass is 10.1. The minimum Gasteiger partial charge on any atom is -0.452 e. The number of anilines is 2. The van der Waals surface area contributed by atoms with Crippen LogP contribution in [-0.2, 0) is 9.53 Å². The molecule has 0 atom stereocenters. The fraction of sp³-hybridized carbons (Fsp3) is 0.125. The number of nitrogens with one attached hydrogen (secondary N) is 1. The second-order valence-corrected chi connectivity index (χ2v) is 5.03. The van der Waals surface area contributed by atoms with Crippen LogP contribution in [0.3, 0.4) is 0 Å². The number of rotatable bonds is 7. The van der Waals surface area contributed by atoms with E-state index in [0.29, 0.717) is 0 Å². The first kappa shape index (κ1) is 19.6. The molecule has 0 unspecified atom stereocenters. The van der Waals surface area contributed by atoms with Crippen LogP contribution in [0.4, 0.5) is 25.8 Å². The third kappa shape index (κ3) is 5.36. The average molecular weight is 381 g/mol. The van der Waals surface area contributed by atoms with Gasteiger partial charge in [-0.2, -0.15) is 8.78 Å². The second kappa shape index (κ2) is 8.56. The van der Waals surface area contributed by atoms with E-state index < -0.39 is 30.0 Å². The number of amides is 1. The lowest BCUT2D eigenvalue weighted by Crippen LogP contribution is -2.22. The Morgan fingerprint density at radius 3 is 2.56 bits per heavy atom. The smallest absolute Gasteiger partial charge is 0.387 e. The van der Waals surface area contributed by atoms with Crippen molar-refractivity contribution >= 4 is 28.9 Å². The first-order valence-corrected chi connectivity index (χ1v) is 7.32. The first-order chi connectivity index (χ1) is 12.8. The Hall–Kier alpha value is -3.76. The molecule has 27 heavy (non-hydrogen) atoms. The lowest BCUT2D eigenvalue weighted by molar-refractivity contribution is -0.384. The molecule has 0 saturated carbocycles. The van der Waals surface area contributed by atoms with Crippen molar-refractivity contribution in [1.29, 1.82) is 0 Å². The van der Waals surface area contributed by atoms with Gasteiger partial charge < -0.3 is 20.5 Å². The number of hydrogen-bond acceptors (Lipinski definition) is 7. The lowest BCUT2D eigenvalue weighted by Gasteiger charge is -2.12. The molecule has 0 aliphatic heterocycles. The molecule has 0 aromatic heterocycles. The Balaban J connectivity index is 1.98. The fourth-order valence-electron chi connectivity index (χ4n) is 2.01. The van der Waals surface area contributed by atoms with Gasteiger partial charge in [-0.25, -0.2) is 4.79 Å². The normalized spacial score (nSPS) is 10.3. The molecule has 0 bridgehead atoms. The molecule has 0 radical (unpaired) electrons. The molecule has 142 valence electrons. The van der Waals surface area contributed by atoms with E-state index >= 15 is 0 Å². The molecule has 0 aliphatic rings. The van der Waals surface area contributed by atoms with Gasteiger partial charge in [0.15, 0.2) is 6.61 Å². The van der Waals surface area contributed by atoms with Crippen molar-refractivity contribution in [2.75, 3.05) is 17.7 Å². The highest BCUT2D eigenvalue weighted by Gasteiger charge is 2.17. The molecule has 0 heterocycles. The van der Waals surface area contributed by atoms with Crippen molar-refractivity contribution in [3.8, 4) is 5.75 Å². The van der Waals surface area contributed by atoms with Crippen LogP contribution in [0.5, 0.6) is 5.75 Å². The minimum atomic E-state index is -3.08. The third-order valence-corrected chi connectivity index (χ3v) is 3.18. The quantitative estimate of drug-likeness (QED) is 0.326. The summed E-state index contributed by atoms with van der Waals surface area (Å²) in [7, 11) is 0. The van der Waals surface area contributed by atoms with Crippen LogP contribution in [0, 0.1) is 10.1 Å². The van der Waals surface area contributed by atoms with Gasteiger partial charge in [0.05, 0.1) is 21.9 Å². The van der Waals surface area contributed by atoms with E-state index in [1.165, 1.54) is 24.3 Å². The van der Waals surface area contributed by atoms with E-state index in [-0.39, 0.29) is 28.4 Å². The Labute approximate surface area is 150 Å². The number of nitro groups is 1. The number of halogens is 2. The SMILES string of the molecule is Nc1cc([N+](=O)[O-])ccc1C(=O)OCC(=O)Nc1ccccc1OC(F)F. The number of nitrogens with two attached hydrogens (primary N) is 1. The zero-order chi connectivity index (χ0) is 20.0. The zero-order valence-corrected chi connectivity index (χ0v) is 13.6. The number of nitro benzene ring substituents is 1. The zero-order valence-electron chi connectivity index (χ0n) is 13.6. The predicted molar refractivity (Wildman–Crippen MR) is 89.5 cm³/mol. The van der Waals surface area contributed by atoms with Crippen molar-refractivity contribution in [3.63, 3.8) is 0 Å². The molecular weight excluding hydrogens is 368 g/mol. The Morgan fingerprint density at radius 2 is 1.93 bits per heavy atom. The largest absolute Gasteiger partial charge is 0.452 e. The topological polar surface area (TPSA) is 134 Å². The standard InChI is InChI=1S/C16H13F2N3O6/c17-16(18)27-13-4-2-1-3-12(13)20-14(22)8-26-15(23)10-6-5-9(21(24)25)7-11(10)19/h1-7,16H,8,19H2,(H,20,22). The van der Waals surface area contributed by atoms with Crippen LogP contribution in [-0.4, -0.2) is 30.0 Å². The maximum atomic E-state index is 12.3. The van der Waals surface area contributed by atoms with E-state index in [1.54, 1.807) is 0 Å². The fourth-order valence-corrected chi connectivity index (χ4v) is 2.01. The molecule has 0 saturated heterocycles. The molecule has 2 rings (SSSR count). The minimum absolute atomic E-state index is 0.0336. The number of carbonyl (C=O) groups is 2. The summed E-state index contributed by atoms with van der Waals surface area (Å²) in [4.78, 5) is 33.8. The van der Waals surface area contributed by atoms with E-state index in [2.05, 4.69) is 10.1 Å². The predicted octanol–water partition coefficient (Wildman–Crippen LogP) is 2.57. The number of alkyl halides is 2. The van der Waals surface area contributed by atoms with Gasteiger partial charge in [-0.3, -0.25) is 14.9 Å². The highest BCUT2D eigenvalue weighted by Crippen LogP contribution is 2.25. The summed E-state index contributed by atoms with van der Waals surface area (Å²) < 4.78 is 33.7. The van der Waals surface area contributed by atoms with E-state index in [9.17, 15) is 28.5 Å². The molecule has 9 nitrogen and oxygen atoms in total. The second-order valence-electron chi connectivity index (χ2n) is 5.03. The number of ether oxygens (including phenoxy) is 2. The van der Waals surface area contributed by atoms with Crippen molar-refractivity contribution in [3.05, 3.63) is 58.1 Å². The monoisotopic (exact) mass is 381 g/mol. The van der Waals surface area contributed by atoms with Gasteiger partial charge in [-0.15, -0.1) is 0 Å². The molecule has 1 amide bonds. The van der Waals surface area contributed by atoms with Gasteiger partial charge in [0.1, 0.15) is 5.75 Å². The summed E-state index contributed by atoms with van der Waals surface area (Å²) in [5.41, 5.74) is 4.87. The summed E-state index contributed by atoms with van der Waals surface area (Å²) in [6.07, 6.45) is 0. The maximum Gasteiger partial charge on any atom is 0.387 e. The van der Waals surface area contributed by atoms with E-state index in [1.807, 2.05) is 0 Å². The Bertz CT molecular complexity index is 875. The van der Waals surface area contributed by atoms with Gasteiger partial charge in [0.2, 0.25) is 0 Å². The van der Waals surface area contributed by atoms with E-state index in [4.69, 9.17) is 10.5 Å². The molecular formula is C16H13F2N3O6. The molecule has 0 aliphatic carbocycles. The summed E-state index contributed by atoms with van der Waals surface area (Å²) in [6.45, 7) is -3.82. The number of para-hydroxylation sites is 2. The van der Waals surface area contributed by atoms with Crippen molar-refractivity contribution in [2.45, 2.75) is 6.61 Å². The number of carbonyl (C=O) groups excluding carboxylic acids is 2. The average Bonchev–Trinajstić information content (AvgIpc) is 2.60. The van der Waals surface area contributed by atoms with Crippen molar-refractivity contribution in [1.82, 2.24) is 0 Å². The molecule has 0 spiro atoms. The number of esters is 1. The van der Waals surface area contributed by atoms with Gasteiger partial charge in [0, 0.05) is 12.1 Å². The number of non-ortho nitro benzene ring substituents is 1. The molecule has 2 aromatic rings. The third-order valence-electron chi connectivity index (χ3n) is 3.18. The maximum absolute atomic E-state index is 12.3. The number of benzene rings is 2. The Morgan fingerprint density at radius 1 is 1.22 bits per heavy atom. The number of hydrogen-bond donors (Lipinski definition) is 2. The molecule has 0 fully saturated rings. The highest BCUT2D eigenvalue weighted by atomic mass is 19.3.